The summed E-state index contributed by atoms with van der Waals surface area (Å²) in [5, 5.41) is 19.6. The highest BCUT2D eigenvalue weighted by Crippen LogP contribution is 2.27. The molecular formula is C8H10ClFN2O3. The molecule has 0 unspecified atom stereocenters. The van der Waals surface area contributed by atoms with Crippen molar-refractivity contribution >= 4 is 18.1 Å². The summed E-state index contributed by atoms with van der Waals surface area (Å²) in [7, 11) is 0. The summed E-state index contributed by atoms with van der Waals surface area (Å²) in [5.41, 5.74) is 5.13. The highest BCUT2D eigenvalue weighted by Gasteiger charge is 2.15. The first kappa shape index (κ1) is 13.6. The zero-order chi connectivity index (χ0) is 10.7. The molecule has 0 fully saturated rings. The van der Waals surface area contributed by atoms with E-state index in [2.05, 4.69) is 0 Å². The second kappa shape index (κ2) is 5.47. The van der Waals surface area contributed by atoms with E-state index in [0.29, 0.717) is 0 Å². The maximum Gasteiger partial charge on any atom is 0.270 e. The zero-order valence-electron chi connectivity index (χ0n) is 7.59. The van der Waals surface area contributed by atoms with Gasteiger partial charge in [0.05, 0.1) is 11.0 Å². The minimum Gasteiger partial charge on any atom is -0.508 e. The van der Waals surface area contributed by atoms with Crippen LogP contribution in [0.1, 0.15) is 11.6 Å². The smallest absolute Gasteiger partial charge is 0.270 e. The van der Waals surface area contributed by atoms with Gasteiger partial charge in [0, 0.05) is 17.7 Å². The van der Waals surface area contributed by atoms with E-state index in [1.165, 1.54) is 0 Å². The number of aromatic hydroxyl groups is 1. The summed E-state index contributed by atoms with van der Waals surface area (Å²) in [5.74, 6) is -0.235. The fourth-order valence-corrected chi connectivity index (χ4v) is 1.04. The van der Waals surface area contributed by atoms with E-state index in [0.717, 1.165) is 18.2 Å². The van der Waals surface area contributed by atoms with Crippen LogP contribution in [0.4, 0.5) is 10.1 Å². The Labute approximate surface area is 91.3 Å². The van der Waals surface area contributed by atoms with Crippen molar-refractivity contribution in [2.45, 2.75) is 6.04 Å². The van der Waals surface area contributed by atoms with Gasteiger partial charge in [-0.1, -0.05) is 0 Å². The Morgan fingerprint density at radius 1 is 1.60 bits per heavy atom. The molecule has 0 aliphatic heterocycles. The molecule has 5 nitrogen and oxygen atoms in total. The van der Waals surface area contributed by atoms with Crippen molar-refractivity contribution in [3.63, 3.8) is 0 Å². The van der Waals surface area contributed by atoms with Crippen molar-refractivity contribution in [1.82, 2.24) is 0 Å². The number of benzene rings is 1. The predicted octanol–water partition coefficient (Wildman–Crippen LogP) is 1.69. The molecule has 84 valence electrons. The number of hydrogen-bond acceptors (Lipinski definition) is 4. The Morgan fingerprint density at radius 3 is 2.67 bits per heavy atom. The molecule has 15 heavy (non-hydrogen) atoms. The lowest BCUT2D eigenvalue weighted by atomic mass is 10.1. The number of alkyl halides is 1. The summed E-state index contributed by atoms with van der Waals surface area (Å²) in [6.07, 6.45) is 0. The van der Waals surface area contributed by atoms with Crippen LogP contribution in [0.15, 0.2) is 18.2 Å². The van der Waals surface area contributed by atoms with Gasteiger partial charge in [0.2, 0.25) is 0 Å². The van der Waals surface area contributed by atoms with E-state index < -0.39 is 17.6 Å². The SMILES string of the molecule is Cl.N[C@H](CF)c1cc([N+](=O)[O-])ccc1O. The van der Waals surface area contributed by atoms with E-state index in [1.54, 1.807) is 0 Å². The highest BCUT2D eigenvalue weighted by molar-refractivity contribution is 5.85. The van der Waals surface area contributed by atoms with Gasteiger partial charge in [0.1, 0.15) is 12.4 Å². The van der Waals surface area contributed by atoms with E-state index in [-0.39, 0.29) is 29.4 Å². The number of nitrogens with two attached hydrogens (primary N) is 1. The van der Waals surface area contributed by atoms with Gasteiger partial charge in [0.25, 0.3) is 5.69 Å². The number of rotatable bonds is 3. The Bertz CT molecular complexity index is 362. The lowest BCUT2D eigenvalue weighted by Crippen LogP contribution is -2.12. The van der Waals surface area contributed by atoms with E-state index in [4.69, 9.17) is 5.73 Å². The second-order valence-electron chi connectivity index (χ2n) is 2.76. The van der Waals surface area contributed by atoms with Crippen LogP contribution in [-0.4, -0.2) is 16.7 Å². The maximum absolute atomic E-state index is 12.2. The van der Waals surface area contributed by atoms with Crippen LogP contribution in [0.5, 0.6) is 5.75 Å². The van der Waals surface area contributed by atoms with Crippen LogP contribution < -0.4 is 5.73 Å². The van der Waals surface area contributed by atoms with Crippen molar-refractivity contribution in [2.75, 3.05) is 6.67 Å². The number of nitro benzene ring substituents is 1. The summed E-state index contributed by atoms with van der Waals surface area (Å²) in [4.78, 5) is 9.73. The third-order valence-electron chi connectivity index (χ3n) is 1.79. The quantitative estimate of drug-likeness (QED) is 0.617. The zero-order valence-corrected chi connectivity index (χ0v) is 8.41. The van der Waals surface area contributed by atoms with Crippen molar-refractivity contribution in [2.24, 2.45) is 5.73 Å². The van der Waals surface area contributed by atoms with Gasteiger partial charge in [-0.25, -0.2) is 4.39 Å². The van der Waals surface area contributed by atoms with E-state index in [1.807, 2.05) is 0 Å². The minimum absolute atomic E-state index is 0. The standard InChI is InChI=1S/C8H9FN2O3.ClH/c9-4-7(10)6-3-5(11(13)14)1-2-8(6)12;/h1-3,7,12H,4,10H2;1H/t7-;/m1./s1. The van der Waals surface area contributed by atoms with Gasteiger partial charge >= 0.3 is 0 Å². The summed E-state index contributed by atoms with van der Waals surface area (Å²) in [6.45, 7) is -0.880. The number of non-ortho nitro benzene ring substituents is 1. The van der Waals surface area contributed by atoms with Crippen molar-refractivity contribution in [3.05, 3.63) is 33.9 Å². The number of hydrogen-bond donors (Lipinski definition) is 2. The summed E-state index contributed by atoms with van der Waals surface area (Å²) < 4.78 is 12.2. The molecule has 1 rings (SSSR count). The molecule has 0 saturated carbocycles. The van der Waals surface area contributed by atoms with Crippen LogP contribution in [-0.2, 0) is 0 Å². The van der Waals surface area contributed by atoms with E-state index >= 15 is 0 Å². The lowest BCUT2D eigenvalue weighted by molar-refractivity contribution is -0.385. The predicted molar refractivity (Wildman–Crippen MR) is 54.9 cm³/mol. The average Bonchev–Trinajstić information content (AvgIpc) is 2.17. The molecule has 0 spiro atoms. The monoisotopic (exact) mass is 236 g/mol. The molecule has 1 atom stereocenters. The third-order valence-corrected chi connectivity index (χ3v) is 1.79. The van der Waals surface area contributed by atoms with Gasteiger partial charge in [-0.3, -0.25) is 10.1 Å². The van der Waals surface area contributed by atoms with Crippen LogP contribution in [0.3, 0.4) is 0 Å². The molecular weight excluding hydrogens is 227 g/mol. The first-order chi connectivity index (χ1) is 6.56. The van der Waals surface area contributed by atoms with Gasteiger partial charge in [-0.2, -0.15) is 0 Å². The highest BCUT2D eigenvalue weighted by atomic mass is 35.5. The average molecular weight is 237 g/mol. The number of halogens is 2. The van der Waals surface area contributed by atoms with Crippen LogP contribution in [0.25, 0.3) is 0 Å². The molecule has 0 amide bonds. The fraction of sp³-hybridized carbons (Fsp3) is 0.250. The first-order valence-corrected chi connectivity index (χ1v) is 3.85. The van der Waals surface area contributed by atoms with Gasteiger partial charge in [-0.05, 0) is 6.07 Å². The molecule has 0 saturated heterocycles. The minimum atomic E-state index is -1.03. The van der Waals surface area contributed by atoms with Crippen molar-refractivity contribution < 1.29 is 14.4 Å². The number of nitrogens with zero attached hydrogens (tertiary/aromatic N) is 1. The number of nitro groups is 1. The second-order valence-corrected chi connectivity index (χ2v) is 2.76. The van der Waals surface area contributed by atoms with Gasteiger partial charge in [0.15, 0.2) is 0 Å². The normalized spacial score (nSPS) is 11.6. The van der Waals surface area contributed by atoms with Crippen LogP contribution in [0.2, 0.25) is 0 Å². The number of phenolic OH excluding ortho intramolecular Hbond substituents is 1. The molecule has 7 heteroatoms. The Balaban J connectivity index is 0.00000196. The molecule has 0 aromatic heterocycles. The molecule has 0 aliphatic rings. The van der Waals surface area contributed by atoms with Crippen molar-refractivity contribution in [3.8, 4) is 5.75 Å². The Hall–Kier alpha value is -1.40. The molecule has 0 aliphatic carbocycles. The largest absolute Gasteiger partial charge is 0.508 e. The molecule has 3 N–H and O–H groups in total. The molecule has 1 aromatic carbocycles. The summed E-state index contributed by atoms with van der Waals surface area (Å²) >= 11 is 0. The molecule has 0 bridgehead atoms. The fourth-order valence-electron chi connectivity index (χ4n) is 1.04. The molecule has 1 aromatic rings. The maximum atomic E-state index is 12.2. The van der Waals surface area contributed by atoms with Crippen LogP contribution in [0, 0.1) is 10.1 Å². The van der Waals surface area contributed by atoms with E-state index in [9.17, 15) is 19.6 Å². The van der Waals surface area contributed by atoms with Crippen molar-refractivity contribution in [1.29, 1.82) is 0 Å². The van der Waals surface area contributed by atoms with Crippen LogP contribution >= 0.6 is 12.4 Å². The topological polar surface area (TPSA) is 89.4 Å². The Morgan fingerprint density at radius 2 is 2.20 bits per heavy atom. The van der Waals surface area contributed by atoms with Gasteiger partial charge in [-0.15, -0.1) is 12.4 Å². The summed E-state index contributed by atoms with van der Waals surface area (Å²) in [6, 6.07) is 2.29. The third kappa shape index (κ3) is 3.03. The molecule has 0 heterocycles. The Kier molecular flexibility index (Phi) is 4.96. The van der Waals surface area contributed by atoms with Gasteiger partial charge < -0.3 is 10.8 Å². The molecule has 0 radical (unpaired) electrons. The lowest BCUT2D eigenvalue weighted by Gasteiger charge is -2.08. The first-order valence-electron chi connectivity index (χ1n) is 3.85. The number of phenols is 1.